The van der Waals surface area contributed by atoms with E-state index in [2.05, 4.69) is 29.2 Å². The van der Waals surface area contributed by atoms with Crippen molar-refractivity contribution >= 4 is 0 Å². The first-order valence-corrected chi connectivity index (χ1v) is 12.1. The summed E-state index contributed by atoms with van der Waals surface area (Å²) < 4.78 is 31.0. The molecule has 2 aliphatic rings. The highest BCUT2D eigenvalue weighted by atomic mass is 19.1. The van der Waals surface area contributed by atoms with Crippen LogP contribution in [0, 0.1) is 17.7 Å². The van der Waals surface area contributed by atoms with Gasteiger partial charge in [-0.15, -0.1) is 0 Å². The van der Waals surface area contributed by atoms with Gasteiger partial charge in [0, 0.05) is 26.7 Å². The Morgan fingerprint density at radius 1 is 0.853 bits per heavy atom. The highest BCUT2D eigenvalue weighted by molar-refractivity contribution is 5.29. The summed E-state index contributed by atoms with van der Waals surface area (Å²) in [5.41, 5.74) is 2.33. The van der Waals surface area contributed by atoms with Crippen LogP contribution in [0.5, 0.6) is 11.5 Å². The minimum absolute atomic E-state index is 0.0354. The number of rotatable bonds is 9. The van der Waals surface area contributed by atoms with E-state index < -0.39 is 0 Å². The molecule has 1 aliphatic heterocycles. The molecule has 3 aromatic carbocycles. The molecule has 1 aliphatic carbocycles. The van der Waals surface area contributed by atoms with Crippen LogP contribution in [0.1, 0.15) is 30.1 Å². The predicted octanol–water partition coefficient (Wildman–Crippen LogP) is 5.88. The number of likely N-dealkylation sites (tertiary alicyclic amines) is 1. The second-order valence-corrected chi connectivity index (χ2v) is 9.47. The zero-order valence-electron chi connectivity index (χ0n) is 19.6. The van der Waals surface area contributed by atoms with Gasteiger partial charge < -0.3 is 14.2 Å². The number of halogens is 1. The van der Waals surface area contributed by atoms with Crippen molar-refractivity contribution in [2.24, 2.45) is 11.8 Å². The topological polar surface area (TPSA) is 30.9 Å². The first kappa shape index (κ1) is 22.9. The maximum atomic E-state index is 13.1. The van der Waals surface area contributed by atoms with E-state index in [0.717, 1.165) is 49.5 Å². The molecule has 0 bridgehead atoms. The number of fused-ring (bicyclic) bond motifs is 1. The lowest BCUT2D eigenvalue weighted by Gasteiger charge is -2.25. The lowest BCUT2D eigenvalue weighted by atomic mass is 10.0. The third-order valence-electron chi connectivity index (χ3n) is 7.11. The van der Waals surface area contributed by atoms with Gasteiger partial charge in [-0.05, 0) is 72.2 Å². The van der Waals surface area contributed by atoms with Crippen LogP contribution in [0.2, 0.25) is 0 Å². The zero-order valence-corrected chi connectivity index (χ0v) is 19.6. The van der Waals surface area contributed by atoms with Crippen LogP contribution in [0.3, 0.4) is 0 Å². The van der Waals surface area contributed by atoms with Gasteiger partial charge in [0.25, 0.3) is 0 Å². The van der Waals surface area contributed by atoms with Gasteiger partial charge in [-0.1, -0.05) is 42.5 Å². The molecule has 0 spiro atoms. The van der Waals surface area contributed by atoms with E-state index in [9.17, 15) is 4.39 Å². The van der Waals surface area contributed by atoms with Crippen LogP contribution in [0.25, 0.3) is 0 Å². The molecule has 0 amide bonds. The van der Waals surface area contributed by atoms with Gasteiger partial charge in [0.15, 0.2) is 0 Å². The number of nitrogens with zero attached hydrogens (tertiary/aromatic N) is 1. The second kappa shape index (κ2) is 10.6. The fourth-order valence-electron chi connectivity index (χ4n) is 5.36. The second-order valence-electron chi connectivity index (χ2n) is 9.47. The van der Waals surface area contributed by atoms with Gasteiger partial charge in [-0.25, -0.2) is 4.39 Å². The summed E-state index contributed by atoms with van der Waals surface area (Å²) in [6.07, 6.45) is 2.38. The zero-order chi connectivity index (χ0) is 23.3. The molecule has 5 rings (SSSR count). The summed E-state index contributed by atoms with van der Waals surface area (Å²) >= 11 is 0. The predicted molar refractivity (Wildman–Crippen MR) is 130 cm³/mol. The van der Waals surface area contributed by atoms with Gasteiger partial charge >= 0.3 is 0 Å². The summed E-state index contributed by atoms with van der Waals surface area (Å²) in [4.78, 5) is 2.53. The van der Waals surface area contributed by atoms with Crippen molar-refractivity contribution in [3.63, 3.8) is 0 Å². The number of hydrogen-bond acceptors (Lipinski definition) is 4. The molecule has 5 heteroatoms. The van der Waals surface area contributed by atoms with E-state index in [-0.39, 0.29) is 18.0 Å². The van der Waals surface area contributed by atoms with Crippen molar-refractivity contribution in [3.8, 4) is 11.5 Å². The highest BCUT2D eigenvalue weighted by Gasteiger charge is 2.42. The monoisotopic (exact) mass is 461 g/mol. The molecule has 3 aromatic rings. The number of methoxy groups -OCH3 is 1. The van der Waals surface area contributed by atoms with Crippen LogP contribution in [-0.4, -0.2) is 37.7 Å². The van der Waals surface area contributed by atoms with Gasteiger partial charge in [0.1, 0.15) is 23.9 Å². The van der Waals surface area contributed by atoms with E-state index in [1.807, 2.05) is 30.3 Å². The smallest absolute Gasteiger partial charge is 0.123 e. The summed E-state index contributed by atoms with van der Waals surface area (Å²) in [5.74, 6) is 2.70. The van der Waals surface area contributed by atoms with Crippen LogP contribution in [0.15, 0.2) is 78.9 Å². The molecule has 0 aromatic heterocycles. The molecule has 34 heavy (non-hydrogen) atoms. The molecule has 4 nitrogen and oxygen atoms in total. The minimum atomic E-state index is -0.228. The van der Waals surface area contributed by atoms with Gasteiger partial charge in [0.05, 0.1) is 12.2 Å². The van der Waals surface area contributed by atoms with E-state index in [1.54, 1.807) is 19.2 Å². The Balaban J connectivity index is 1.10. The van der Waals surface area contributed by atoms with Crippen molar-refractivity contribution in [3.05, 3.63) is 95.8 Å². The molecule has 0 radical (unpaired) electrons. The molecule has 1 saturated carbocycles. The van der Waals surface area contributed by atoms with E-state index >= 15 is 0 Å². The summed E-state index contributed by atoms with van der Waals surface area (Å²) in [6.45, 7) is 3.60. The van der Waals surface area contributed by atoms with Crippen LogP contribution < -0.4 is 9.47 Å². The fraction of sp³-hybridized carbons (Fsp3) is 0.379. The largest absolute Gasteiger partial charge is 0.490 e. The molecule has 2 fully saturated rings. The molecule has 178 valence electrons. The van der Waals surface area contributed by atoms with Gasteiger partial charge in [0.2, 0.25) is 0 Å². The van der Waals surface area contributed by atoms with E-state index in [4.69, 9.17) is 14.2 Å². The van der Waals surface area contributed by atoms with E-state index in [0.29, 0.717) is 18.4 Å². The Morgan fingerprint density at radius 3 is 2.15 bits per heavy atom. The first-order valence-electron chi connectivity index (χ1n) is 12.1. The normalized spacial score (nSPS) is 22.9. The van der Waals surface area contributed by atoms with Crippen LogP contribution >= 0.6 is 0 Å². The Hall–Kier alpha value is -2.89. The van der Waals surface area contributed by atoms with Crippen molar-refractivity contribution < 1.29 is 18.6 Å². The van der Waals surface area contributed by atoms with Crippen LogP contribution in [-0.2, 0) is 11.3 Å². The highest BCUT2D eigenvalue weighted by Crippen LogP contribution is 2.40. The van der Waals surface area contributed by atoms with Crippen LogP contribution in [0.4, 0.5) is 4.39 Å². The summed E-state index contributed by atoms with van der Waals surface area (Å²) in [7, 11) is 1.79. The molecule has 4 atom stereocenters. The van der Waals surface area contributed by atoms with Gasteiger partial charge in [-0.2, -0.15) is 0 Å². The average Bonchev–Trinajstić information content (AvgIpc) is 3.42. The first-order chi connectivity index (χ1) is 16.7. The molecule has 1 heterocycles. The Labute approximate surface area is 201 Å². The van der Waals surface area contributed by atoms with Crippen molar-refractivity contribution in [1.29, 1.82) is 0 Å². The fourth-order valence-corrected chi connectivity index (χ4v) is 5.36. The van der Waals surface area contributed by atoms with Crippen molar-refractivity contribution in [1.82, 2.24) is 4.90 Å². The SMILES string of the molecule is COC(CN1CC2C[C@@H](Oc3ccc(F)cc3)C[C@@H]2C1)c1ccc(OCc2ccccc2)cc1. The molecular formula is C29H32FNO3. The Morgan fingerprint density at radius 2 is 1.50 bits per heavy atom. The number of hydrogen-bond donors (Lipinski definition) is 0. The lowest BCUT2D eigenvalue weighted by molar-refractivity contribution is 0.0667. The van der Waals surface area contributed by atoms with E-state index in [1.165, 1.54) is 17.7 Å². The third-order valence-corrected chi connectivity index (χ3v) is 7.11. The van der Waals surface area contributed by atoms with Crippen molar-refractivity contribution in [2.75, 3.05) is 26.7 Å². The Bertz CT molecular complexity index is 1030. The number of ether oxygens (including phenoxy) is 3. The maximum Gasteiger partial charge on any atom is 0.123 e. The maximum absolute atomic E-state index is 13.1. The Kier molecular flexibility index (Phi) is 7.12. The molecule has 1 saturated heterocycles. The summed E-state index contributed by atoms with van der Waals surface area (Å²) in [6, 6.07) is 24.8. The molecule has 2 unspecified atom stereocenters. The minimum Gasteiger partial charge on any atom is -0.490 e. The lowest BCUT2D eigenvalue weighted by Crippen LogP contribution is -2.29. The quantitative estimate of drug-likeness (QED) is 0.398. The number of benzene rings is 3. The third kappa shape index (κ3) is 5.60. The summed E-state index contributed by atoms with van der Waals surface area (Å²) in [5, 5.41) is 0. The molecular weight excluding hydrogens is 429 g/mol. The standard InChI is InChI=1S/C29H32FNO3/c1-32-29(22-7-11-26(12-8-22)33-20-21-5-3-2-4-6-21)19-31-17-23-15-28(16-24(23)18-31)34-27-13-9-25(30)10-14-27/h2-14,23-24,28-29H,15-20H2,1H3/t23-,24?,28+,29?/m1/s1. The van der Waals surface area contributed by atoms with Gasteiger partial charge in [-0.3, -0.25) is 4.90 Å². The van der Waals surface area contributed by atoms with Crippen molar-refractivity contribution in [2.45, 2.75) is 31.7 Å². The molecule has 0 N–H and O–H groups in total. The average molecular weight is 462 g/mol.